The standard InChI is InChI=1S/C26H23NO5/c1-14-7-8-16(11-15(14)2)21(28)13-32-26(31)19-5-3-4-6-20(19)27-24(29)22-17-9-10-18(12-17)23(22)25(27)30/h3-11,17-18,22-23H,12-13H2,1-2H3/t17-,18+,22-,23+. The molecule has 6 heteroatoms. The van der Waals surface area contributed by atoms with Gasteiger partial charge < -0.3 is 4.74 Å². The van der Waals surface area contributed by atoms with Crippen molar-refractivity contribution in [3.05, 3.63) is 76.9 Å². The molecule has 6 nitrogen and oxygen atoms in total. The summed E-state index contributed by atoms with van der Waals surface area (Å²) < 4.78 is 5.28. The fourth-order valence-electron chi connectivity index (χ4n) is 5.19. The molecule has 0 unspecified atom stereocenters. The van der Waals surface area contributed by atoms with E-state index in [0.717, 1.165) is 22.4 Å². The van der Waals surface area contributed by atoms with E-state index in [2.05, 4.69) is 0 Å². The second kappa shape index (κ2) is 7.55. The highest BCUT2D eigenvalue weighted by Gasteiger charge is 2.59. The number of fused-ring (bicyclic) bond motifs is 5. The van der Waals surface area contributed by atoms with Crippen molar-refractivity contribution in [3.63, 3.8) is 0 Å². The number of hydrogen-bond donors (Lipinski definition) is 0. The molecule has 1 heterocycles. The Kier molecular flexibility index (Phi) is 4.81. The van der Waals surface area contributed by atoms with Crippen LogP contribution >= 0.6 is 0 Å². The number of para-hydroxylation sites is 1. The van der Waals surface area contributed by atoms with E-state index in [4.69, 9.17) is 4.74 Å². The minimum Gasteiger partial charge on any atom is -0.454 e. The van der Waals surface area contributed by atoms with E-state index in [9.17, 15) is 19.2 Å². The van der Waals surface area contributed by atoms with Crippen LogP contribution in [-0.4, -0.2) is 30.2 Å². The summed E-state index contributed by atoms with van der Waals surface area (Å²) in [5, 5.41) is 0. The van der Waals surface area contributed by atoms with Crippen molar-refractivity contribution in [1.29, 1.82) is 0 Å². The van der Waals surface area contributed by atoms with Gasteiger partial charge in [-0.25, -0.2) is 9.69 Å². The molecule has 2 fully saturated rings. The molecule has 2 bridgehead atoms. The van der Waals surface area contributed by atoms with Gasteiger partial charge in [-0.3, -0.25) is 14.4 Å². The van der Waals surface area contributed by atoms with Gasteiger partial charge in [0.1, 0.15) is 0 Å². The molecule has 2 aromatic rings. The van der Waals surface area contributed by atoms with Gasteiger partial charge in [-0.2, -0.15) is 0 Å². The molecular weight excluding hydrogens is 406 g/mol. The lowest BCUT2D eigenvalue weighted by atomic mass is 9.85. The Bertz CT molecular complexity index is 1170. The van der Waals surface area contributed by atoms with Crippen LogP contribution in [0.3, 0.4) is 0 Å². The van der Waals surface area contributed by atoms with Gasteiger partial charge in [-0.1, -0.05) is 36.4 Å². The zero-order valence-corrected chi connectivity index (χ0v) is 17.9. The number of carbonyl (C=O) groups is 4. The van der Waals surface area contributed by atoms with E-state index in [1.165, 1.54) is 6.07 Å². The number of allylic oxidation sites excluding steroid dienone is 2. The summed E-state index contributed by atoms with van der Waals surface area (Å²) >= 11 is 0. The highest BCUT2D eigenvalue weighted by Crippen LogP contribution is 2.53. The zero-order chi connectivity index (χ0) is 22.6. The lowest BCUT2D eigenvalue weighted by molar-refractivity contribution is -0.123. The smallest absolute Gasteiger partial charge is 0.340 e. The molecule has 162 valence electrons. The number of aryl methyl sites for hydroxylation is 2. The molecule has 1 saturated carbocycles. The highest BCUT2D eigenvalue weighted by molar-refractivity contribution is 6.24. The average Bonchev–Trinajstić information content (AvgIpc) is 3.47. The molecule has 5 rings (SSSR count). The van der Waals surface area contributed by atoms with E-state index in [0.29, 0.717) is 5.56 Å². The van der Waals surface area contributed by atoms with Crippen LogP contribution in [-0.2, 0) is 14.3 Å². The molecule has 3 aliphatic rings. The maximum atomic E-state index is 13.1. The second-order valence-electron chi connectivity index (χ2n) is 8.83. The Balaban J connectivity index is 1.35. The SMILES string of the molecule is Cc1ccc(C(=O)COC(=O)c2ccccc2N2C(=O)[C@@H]3[C@H](C2=O)[C@@H]2C=C[C@H]3C2)cc1C. The molecule has 0 spiro atoms. The minimum atomic E-state index is -0.739. The third-order valence-electron chi connectivity index (χ3n) is 7.00. The topological polar surface area (TPSA) is 80.8 Å². The van der Waals surface area contributed by atoms with Crippen molar-refractivity contribution in [2.45, 2.75) is 20.3 Å². The van der Waals surface area contributed by atoms with Crippen LogP contribution in [0.25, 0.3) is 0 Å². The van der Waals surface area contributed by atoms with Gasteiger partial charge in [0.2, 0.25) is 11.8 Å². The molecule has 2 aromatic carbocycles. The number of hydrogen-bond acceptors (Lipinski definition) is 5. The molecule has 0 N–H and O–H groups in total. The van der Waals surface area contributed by atoms with E-state index in [-0.39, 0.29) is 52.5 Å². The molecule has 2 amide bonds. The summed E-state index contributed by atoms with van der Waals surface area (Å²) in [5.74, 6) is -2.12. The zero-order valence-electron chi connectivity index (χ0n) is 17.9. The molecule has 2 aliphatic carbocycles. The van der Waals surface area contributed by atoms with Crippen LogP contribution in [0.4, 0.5) is 5.69 Å². The first-order valence-corrected chi connectivity index (χ1v) is 10.8. The van der Waals surface area contributed by atoms with Crippen molar-refractivity contribution < 1.29 is 23.9 Å². The summed E-state index contributed by atoms with van der Waals surface area (Å²) in [4.78, 5) is 52.8. The van der Waals surface area contributed by atoms with Crippen LogP contribution in [0.1, 0.15) is 38.3 Å². The van der Waals surface area contributed by atoms with Crippen molar-refractivity contribution >= 4 is 29.3 Å². The fourth-order valence-corrected chi connectivity index (χ4v) is 5.19. The van der Waals surface area contributed by atoms with Crippen molar-refractivity contribution in [3.8, 4) is 0 Å². The number of Topliss-reactive ketones (excluding diaryl/α,β-unsaturated/α-hetero) is 1. The van der Waals surface area contributed by atoms with E-state index >= 15 is 0 Å². The Morgan fingerprint density at radius 3 is 2.25 bits per heavy atom. The van der Waals surface area contributed by atoms with Gasteiger partial charge in [0.25, 0.3) is 0 Å². The molecule has 1 aliphatic heterocycles. The Labute approximate surface area is 185 Å². The number of nitrogens with zero attached hydrogens (tertiary/aromatic N) is 1. The number of imide groups is 1. The second-order valence-corrected chi connectivity index (χ2v) is 8.83. The molecular formula is C26H23NO5. The average molecular weight is 429 g/mol. The summed E-state index contributed by atoms with van der Waals surface area (Å²) in [6, 6.07) is 11.7. The predicted molar refractivity (Wildman–Crippen MR) is 117 cm³/mol. The van der Waals surface area contributed by atoms with Crippen LogP contribution in [0.15, 0.2) is 54.6 Å². The third kappa shape index (κ3) is 3.09. The van der Waals surface area contributed by atoms with Gasteiger partial charge in [0.05, 0.1) is 23.1 Å². The summed E-state index contributed by atoms with van der Waals surface area (Å²) in [6.07, 6.45) is 4.89. The quantitative estimate of drug-likeness (QED) is 0.314. The molecule has 1 saturated heterocycles. The van der Waals surface area contributed by atoms with E-state index in [1.807, 2.05) is 32.1 Å². The van der Waals surface area contributed by atoms with E-state index < -0.39 is 12.6 Å². The number of carbonyl (C=O) groups excluding carboxylic acids is 4. The first-order valence-electron chi connectivity index (χ1n) is 10.8. The summed E-state index contributed by atoms with van der Waals surface area (Å²) in [7, 11) is 0. The fraction of sp³-hybridized carbons (Fsp3) is 0.308. The monoisotopic (exact) mass is 429 g/mol. The van der Waals surface area contributed by atoms with Crippen LogP contribution < -0.4 is 4.90 Å². The van der Waals surface area contributed by atoms with Crippen LogP contribution in [0.2, 0.25) is 0 Å². The molecule has 0 radical (unpaired) electrons. The molecule has 4 atom stereocenters. The number of benzene rings is 2. The summed E-state index contributed by atoms with van der Waals surface area (Å²) in [6.45, 7) is 3.45. The highest BCUT2D eigenvalue weighted by atomic mass is 16.5. The summed E-state index contributed by atoms with van der Waals surface area (Å²) in [5.41, 5.74) is 2.84. The molecule has 32 heavy (non-hydrogen) atoms. The normalized spacial score (nSPS) is 25.4. The number of ether oxygens (including phenoxy) is 1. The number of anilines is 1. The van der Waals surface area contributed by atoms with E-state index in [1.54, 1.807) is 30.3 Å². The van der Waals surface area contributed by atoms with Crippen LogP contribution in [0.5, 0.6) is 0 Å². The van der Waals surface area contributed by atoms with Crippen LogP contribution in [0, 0.1) is 37.5 Å². The number of amides is 2. The van der Waals surface area contributed by atoms with Gasteiger partial charge in [0, 0.05) is 5.56 Å². The maximum Gasteiger partial charge on any atom is 0.340 e. The Hall–Kier alpha value is -3.54. The van der Waals surface area contributed by atoms with Crippen molar-refractivity contribution in [2.75, 3.05) is 11.5 Å². The minimum absolute atomic E-state index is 0.0844. The van der Waals surface area contributed by atoms with Crippen molar-refractivity contribution in [2.24, 2.45) is 23.7 Å². The Morgan fingerprint density at radius 2 is 1.59 bits per heavy atom. The van der Waals surface area contributed by atoms with Gasteiger partial charge in [0.15, 0.2) is 12.4 Å². The lowest BCUT2D eigenvalue weighted by Crippen LogP contribution is -2.34. The van der Waals surface area contributed by atoms with Crippen molar-refractivity contribution in [1.82, 2.24) is 0 Å². The number of rotatable bonds is 5. The molecule has 0 aromatic heterocycles. The first kappa shape index (κ1) is 20.4. The lowest BCUT2D eigenvalue weighted by Gasteiger charge is -2.20. The first-order chi connectivity index (χ1) is 15.4. The van der Waals surface area contributed by atoms with Gasteiger partial charge >= 0.3 is 5.97 Å². The Morgan fingerprint density at radius 1 is 0.938 bits per heavy atom. The largest absolute Gasteiger partial charge is 0.454 e. The number of ketones is 1. The van der Waals surface area contributed by atoms with Gasteiger partial charge in [-0.15, -0.1) is 0 Å². The number of esters is 1. The third-order valence-corrected chi connectivity index (χ3v) is 7.00. The predicted octanol–water partition coefficient (Wildman–Crippen LogP) is 3.65. The maximum absolute atomic E-state index is 13.1. The van der Waals surface area contributed by atoms with Gasteiger partial charge in [-0.05, 0) is 61.4 Å².